The Labute approximate surface area is 78.4 Å². The Bertz CT molecular complexity index is 353. The molecule has 1 aromatic rings. The maximum atomic E-state index is 13.2. The van der Waals surface area contributed by atoms with E-state index < -0.39 is 28.6 Å². The van der Waals surface area contributed by atoms with Crippen molar-refractivity contribution in [3.63, 3.8) is 0 Å². The Hall–Kier alpha value is -1.07. The van der Waals surface area contributed by atoms with E-state index in [1.807, 2.05) is 0 Å². The van der Waals surface area contributed by atoms with Crippen LogP contribution < -0.4 is 5.32 Å². The molecule has 76 valence electrons. The number of hydrogen-bond acceptors (Lipinski definition) is 2. The summed E-state index contributed by atoms with van der Waals surface area (Å²) in [7, 11) is 0. The summed E-state index contributed by atoms with van der Waals surface area (Å²) < 4.78 is 38.9. The first kappa shape index (κ1) is 9.48. The molecule has 5 heteroatoms. The Morgan fingerprint density at radius 2 is 1.64 bits per heavy atom. The highest BCUT2D eigenvalue weighted by atomic mass is 19.1. The van der Waals surface area contributed by atoms with Gasteiger partial charge in [-0.25, -0.2) is 13.2 Å². The lowest BCUT2D eigenvalue weighted by molar-refractivity contribution is -0.0209. The minimum Gasteiger partial charge on any atom is -0.382 e. The molecule has 0 radical (unpaired) electrons. The lowest BCUT2D eigenvalue weighted by atomic mass is 9.87. The first-order valence-electron chi connectivity index (χ1n) is 4.11. The quantitative estimate of drug-likeness (QED) is 0.710. The molecule has 2 rings (SSSR count). The number of aliphatic hydroxyl groups is 1. The molecule has 1 aromatic carbocycles. The fourth-order valence-electron chi connectivity index (χ4n) is 1.53. The highest BCUT2D eigenvalue weighted by Gasteiger charge is 2.41. The van der Waals surface area contributed by atoms with Gasteiger partial charge in [0.2, 0.25) is 0 Å². The molecule has 0 spiro atoms. The molecule has 1 aliphatic rings. The topological polar surface area (TPSA) is 32.3 Å². The SMILES string of the molecule is OC1(c2c(F)cc(F)cc2F)CNC1. The van der Waals surface area contributed by atoms with Crippen molar-refractivity contribution in [3.05, 3.63) is 35.1 Å². The predicted molar refractivity (Wildman–Crippen MR) is 43.1 cm³/mol. The van der Waals surface area contributed by atoms with Gasteiger partial charge in [-0.1, -0.05) is 0 Å². The number of β-amino-alcohol motifs (C(OH)–C–C–N with tert-alkyl or cyclic N) is 1. The van der Waals surface area contributed by atoms with Gasteiger partial charge in [0.1, 0.15) is 23.1 Å². The van der Waals surface area contributed by atoms with Crippen LogP contribution in [-0.2, 0) is 5.60 Å². The Balaban J connectivity index is 2.52. The molecule has 1 fully saturated rings. The third-order valence-electron chi connectivity index (χ3n) is 2.31. The Morgan fingerprint density at radius 3 is 2.00 bits per heavy atom. The van der Waals surface area contributed by atoms with Crippen LogP contribution in [0.3, 0.4) is 0 Å². The van der Waals surface area contributed by atoms with Crippen LogP contribution in [0.25, 0.3) is 0 Å². The zero-order chi connectivity index (χ0) is 10.3. The van der Waals surface area contributed by atoms with Crippen LogP contribution in [0, 0.1) is 17.5 Å². The van der Waals surface area contributed by atoms with Gasteiger partial charge >= 0.3 is 0 Å². The van der Waals surface area contributed by atoms with E-state index in [4.69, 9.17) is 0 Å². The largest absolute Gasteiger partial charge is 0.382 e. The molecule has 0 unspecified atom stereocenters. The van der Waals surface area contributed by atoms with Crippen LogP contribution in [-0.4, -0.2) is 18.2 Å². The second-order valence-electron chi connectivity index (χ2n) is 3.38. The third kappa shape index (κ3) is 1.29. The highest BCUT2D eigenvalue weighted by molar-refractivity contribution is 5.30. The number of hydrogen-bond donors (Lipinski definition) is 2. The molecule has 1 saturated heterocycles. The normalized spacial score (nSPS) is 19.1. The molecular formula is C9H8F3NO. The van der Waals surface area contributed by atoms with Gasteiger partial charge in [-0.15, -0.1) is 0 Å². The van der Waals surface area contributed by atoms with Crippen LogP contribution in [0.15, 0.2) is 12.1 Å². The number of rotatable bonds is 1. The Kier molecular flexibility index (Phi) is 2.01. The molecule has 2 N–H and O–H groups in total. The molecule has 0 bridgehead atoms. The monoisotopic (exact) mass is 203 g/mol. The number of nitrogens with one attached hydrogen (secondary N) is 1. The molecule has 0 saturated carbocycles. The van der Waals surface area contributed by atoms with E-state index >= 15 is 0 Å². The van der Waals surface area contributed by atoms with Crippen molar-refractivity contribution in [1.29, 1.82) is 0 Å². The number of halogens is 3. The molecule has 0 aliphatic carbocycles. The van der Waals surface area contributed by atoms with Crippen LogP contribution in [0.4, 0.5) is 13.2 Å². The molecule has 14 heavy (non-hydrogen) atoms. The van der Waals surface area contributed by atoms with Crippen molar-refractivity contribution in [2.24, 2.45) is 0 Å². The standard InChI is InChI=1S/C9H8F3NO/c10-5-1-6(11)8(7(12)2-5)9(14)3-13-4-9/h1-2,13-14H,3-4H2. The van der Waals surface area contributed by atoms with Gasteiger partial charge in [-0.05, 0) is 0 Å². The van der Waals surface area contributed by atoms with Crippen molar-refractivity contribution in [2.45, 2.75) is 5.60 Å². The van der Waals surface area contributed by atoms with E-state index in [1.54, 1.807) is 0 Å². The summed E-state index contributed by atoms with van der Waals surface area (Å²) in [4.78, 5) is 0. The van der Waals surface area contributed by atoms with Gasteiger partial charge in [0.25, 0.3) is 0 Å². The average molecular weight is 203 g/mol. The number of benzene rings is 1. The summed E-state index contributed by atoms with van der Waals surface area (Å²) in [6.07, 6.45) is 0. The van der Waals surface area contributed by atoms with Gasteiger partial charge in [0, 0.05) is 25.2 Å². The molecule has 1 aliphatic heterocycles. The Morgan fingerprint density at radius 1 is 1.14 bits per heavy atom. The summed E-state index contributed by atoms with van der Waals surface area (Å²) in [6.45, 7) is 0.152. The predicted octanol–water partition coefficient (Wildman–Crippen LogP) is 0.895. The van der Waals surface area contributed by atoms with Gasteiger partial charge in [0.15, 0.2) is 0 Å². The first-order valence-corrected chi connectivity index (χ1v) is 4.11. The zero-order valence-corrected chi connectivity index (χ0v) is 7.15. The maximum Gasteiger partial charge on any atom is 0.135 e. The lowest BCUT2D eigenvalue weighted by Gasteiger charge is -2.38. The summed E-state index contributed by atoms with van der Waals surface area (Å²) in [5.74, 6) is -3.09. The van der Waals surface area contributed by atoms with E-state index in [2.05, 4.69) is 5.32 Å². The minimum absolute atomic E-state index is 0.0759. The fraction of sp³-hybridized carbons (Fsp3) is 0.333. The van der Waals surface area contributed by atoms with E-state index in [1.165, 1.54) is 0 Å². The average Bonchev–Trinajstić information content (AvgIpc) is 1.99. The van der Waals surface area contributed by atoms with Crippen molar-refractivity contribution in [1.82, 2.24) is 5.32 Å². The molecule has 0 atom stereocenters. The van der Waals surface area contributed by atoms with Gasteiger partial charge < -0.3 is 10.4 Å². The van der Waals surface area contributed by atoms with E-state index in [-0.39, 0.29) is 13.1 Å². The van der Waals surface area contributed by atoms with Crippen LogP contribution in [0.5, 0.6) is 0 Å². The van der Waals surface area contributed by atoms with Crippen LogP contribution >= 0.6 is 0 Å². The molecule has 0 aromatic heterocycles. The smallest absolute Gasteiger partial charge is 0.135 e. The third-order valence-corrected chi connectivity index (χ3v) is 2.31. The van der Waals surface area contributed by atoms with Crippen molar-refractivity contribution < 1.29 is 18.3 Å². The van der Waals surface area contributed by atoms with Crippen molar-refractivity contribution in [3.8, 4) is 0 Å². The lowest BCUT2D eigenvalue weighted by Crippen LogP contribution is -2.57. The highest BCUT2D eigenvalue weighted by Crippen LogP contribution is 2.30. The molecule has 1 heterocycles. The minimum atomic E-state index is -1.54. The second-order valence-corrected chi connectivity index (χ2v) is 3.38. The second kappa shape index (κ2) is 2.96. The summed E-state index contributed by atoms with van der Waals surface area (Å²) in [6, 6.07) is 1.13. The first-order chi connectivity index (χ1) is 6.53. The van der Waals surface area contributed by atoms with Crippen LogP contribution in [0.1, 0.15) is 5.56 Å². The summed E-state index contributed by atoms with van der Waals surface area (Å²) >= 11 is 0. The van der Waals surface area contributed by atoms with E-state index in [0.29, 0.717) is 12.1 Å². The maximum absolute atomic E-state index is 13.2. The van der Waals surface area contributed by atoms with Gasteiger partial charge in [-0.2, -0.15) is 0 Å². The van der Waals surface area contributed by atoms with E-state index in [9.17, 15) is 18.3 Å². The van der Waals surface area contributed by atoms with Crippen molar-refractivity contribution >= 4 is 0 Å². The molecular weight excluding hydrogens is 195 g/mol. The fourth-order valence-corrected chi connectivity index (χ4v) is 1.53. The van der Waals surface area contributed by atoms with Crippen molar-refractivity contribution in [2.75, 3.05) is 13.1 Å². The summed E-state index contributed by atoms with van der Waals surface area (Å²) in [5.41, 5.74) is -2.00. The zero-order valence-electron chi connectivity index (χ0n) is 7.15. The van der Waals surface area contributed by atoms with Gasteiger partial charge in [0.05, 0.1) is 5.56 Å². The summed E-state index contributed by atoms with van der Waals surface area (Å²) in [5, 5.41) is 12.4. The van der Waals surface area contributed by atoms with E-state index in [0.717, 1.165) is 0 Å². The van der Waals surface area contributed by atoms with Gasteiger partial charge in [-0.3, -0.25) is 0 Å². The molecule has 0 amide bonds. The molecule has 2 nitrogen and oxygen atoms in total. The van der Waals surface area contributed by atoms with Crippen LogP contribution in [0.2, 0.25) is 0 Å².